The molecule has 0 spiro atoms. The van der Waals surface area contributed by atoms with Crippen LogP contribution in [-0.4, -0.2) is 39.8 Å². The molecule has 0 aliphatic rings. The van der Waals surface area contributed by atoms with Crippen molar-refractivity contribution in [3.8, 4) is 5.75 Å². The number of carbonyl (C=O) groups is 1. The number of amides is 1. The summed E-state index contributed by atoms with van der Waals surface area (Å²) < 4.78 is 8.33. The Hall–Kier alpha value is -2.55. The minimum Gasteiger partial charge on any atom is -0.497 e. The minimum absolute atomic E-state index is 0. The van der Waals surface area contributed by atoms with E-state index >= 15 is 0 Å². The molecule has 32 heavy (non-hydrogen) atoms. The molecule has 6 nitrogen and oxygen atoms in total. The summed E-state index contributed by atoms with van der Waals surface area (Å²) in [6, 6.07) is 13.9. The van der Waals surface area contributed by atoms with Gasteiger partial charge in [-0.3, -0.25) is 9.69 Å². The molecule has 0 unspecified atom stereocenters. The Morgan fingerprint density at radius 2 is 2.03 bits per heavy atom. The van der Waals surface area contributed by atoms with Gasteiger partial charge in [0.1, 0.15) is 5.75 Å². The number of thioether (sulfide) groups is 1. The van der Waals surface area contributed by atoms with Crippen LogP contribution in [-0.2, 0) is 11.3 Å². The molecule has 2 aromatic carbocycles. The Morgan fingerprint density at radius 3 is 2.72 bits per heavy atom. The Morgan fingerprint density at radius 1 is 1.22 bits per heavy atom. The molecule has 0 bridgehead atoms. The van der Waals surface area contributed by atoms with Crippen molar-refractivity contribution >= 4 is 56.8 Å². The van der Waals surface area contributed by atoms with Crippen LogP contribution in [0.15, 0.2) is 66.1 Å². The second-order valence-corrected chi connectivity index (χ2v) is 9.14. The number of halogens is 1. The van der Waals surface area contributed by atoms with Crippen LogP contribution in [0.3, 0.4) is 0 Å². The van der Waals surface area contributed by atoms with Gasteiger partial charge < -0.3 is 9.30 Å². The predicted molar refractivity (Wildman–Crippen MR) is 135 cm³/mol. The van der Waals surface area contributed by atoms with E-state index in [1.807, 2.05) is 46.0 Å². The number of imidazole rings is 1. The van der Waals surface area contributed by atoms with Crippen LogP contribution in [0.5, 0.6) is 5.75 Å². The van der Waals surface area contributed by atoms with Gasteiger partial charge in [-0.05, 0) is 49.2 Å². The highest BCUT2D eigenvalue weighted by atomic mass is 35.5. The molecule has 0 aliphatic heterocycles. The third-order valence-corrected chi connectivity index (χ3v) is 6.96. The first-order chi connectivity index (χ1) is 15.1. The fraction of sp³-hybridized carbons (Fsp3) is 0.261. The second kappa shape index (κ2) is 11.4. The average Bonchev–Trinajstić information content (AvgIpc) is 3.46. The Labute approximate surface area is 202 Å². The molecule has 0 fully saturated rings. The standard InChI is InChI=1S/C23H24N4O2S2.ClH/c1-17-5-3-6-20-22(17)25-23(31-20)27(13-4-12-26-14-11-24-16-26)21(28)15-30-19-9-7-18(29-2)8-10-19;/h3,5-11,14,16H,4,12-13,15H2,1-2H3;1H. The maximum Gasteiger partial charge on any atom is 0.239 e. The average molecular weight is 489 g/mol. The van der Waals surface area contributed by atoms with Gasteiger partial charge in [-0.2, -0.15) is 0 Å². The molecule has 9 heteroatoms. The summed E-state index contributed by atoms with van der Waals surface area (Å²) in [5.74, 6) is 1.22. The summed E-state index contributed by atoms with van der Waals surface area (Å²) >= 11 is 3.10. The van der Waals surface area contributed by atoms with Crippen LogP contribution in [0, 0.1) is 6.92 Å². The number of ether oxygens (including phenoxy) is 1. The lowest BCUT2D eigenvalue weighted by Gasteiger charge is -2.20. The number of aryl methyl sites for hydroxylation is 2. The van der Waals surface area contributed by atoms with Gasteiger partial charge in [-0.25, -0.2) is 9.97 Å². The van der Waals surface area contributed by atoms with Gasteiger partial charge in [0, 0.05) is 30.4 Å². The molecule has 0 saturated carbocycles. The molecule has 168 valence electrons. The van der Waals surface area contributed by atoms with Gasteiger partial charge in [0.15, 0.2) is 5.13 Å². The van der Waals surface area contributed by atoms with Gasteiger partial charge in [-0.1, -0.05) is 23.5 Å². The van der Waals surface area contributed by atoms with Crippen molar-refractivity contribution in [1.82, 2.24) is 14.5 Å². The molecule has 2 heterocycles. The first-order valence-electron chi connectivity index (χ1n) is 10.0. The Kier molecular flexibility index (Phi) is 8.55. The quantitative estimate of drug-likeness (QED) is 0.293. The second-order valence-electron chi connectivity index (χ2n) is 7.08. The zero-order chi connectivity index (χ0) is 21.6. The van der Waals surface area contributed by atoms with E-state index in [0.29, 0.717) is 12.3 Å². The van der Waals surface area contributed by atoms with Gasteiger partial charge in [0.05, 0.1) is 29.4 Å². The third-order valence-electron chi connectivity index (χ3n) is 4.92. The molecule has 2 aromatic heterocycles. The van der Waals surface area contributed by atoms with Gasteiger partial charge in [-0.15, -0.1) is 24.2 Å². The summed E-state index contributed by atoms with van der Waals surface area (Å²) in [5, 5.41) is 0.760. The highest BCUT2D eigenvalue weighted by Gasteiger charge is 2.20. The van der Waals surface area contributed by atoms with E-state index in [-0.39, 0.29) is 18.3 Å². The number of anilines is 1. The maximum atomic E-state index is 13.2. The Bertz CT molecular complexity index is 1150. The fourth-order valence-corrected chi connectivity index (χ4v) is 5.10. The predicted octanol–water partition coefficient (Wildman–Crippen LogP) is 5.45. The Balaban J connectivity index is 0.00000289. The van der Waals surface area contributed by atoms with E-state index in [0.717, 1.165) is 44.5 Å². The molecule has 0 aliphatic carbocycles. The number of benzene rings is 2. The van der Waals surface area contributed by atoms with Crippen LogP contribution in [0.2, 0.25) is 0 Å². The maximum absolute atomic E-state index is 13.2. The number of hydrogen-bond donors (Lipinski definition) is 0. The number of nitrogens with zero attached hydrogens (tertiary/aromatic N) is 4. The summed E-state index contributed by atoms with van der Waals surface area (Å²) in [6.07, 6.45) is 6.33. The van der Waals surface area contributed by atoms with Crippen molar-refractivity contribution in [3.05, 3.63) is 66.7 Å². The number of thiazole rings is 1. The van der Waals surface area contributed by atoms with Crippen LogP contribution < -0.4 is 9.64 Å². The zero-order valence-corrected chi connectivity index (χ0v) is 20.4. The van der Waals surface area contributed by atoms with Crippen LogP contribution in [0.25, 0.3) is 10.2 Å². The smallest absolute Gasteiger partial charge is 0.239 e. The number of fused-ring (bicyclic) bond motifs is 1. The highest BCUT2D eigenvalue weighted by Crippen LogP contribution is 2.31. The van der Waals surface area contributed by atoms with Crippen molar-refractivity contribution in [3.63, 3.8) is 0 Å². The van der Waals surface area contributed by atoms with Crippen molar-refractivity contribution in [2.75, 3.05) is 24.3 Å². The summed E-state index contributed by atoms with van der Waals surface area (Å²) in [5.41, 5.74) is 2.09. The monoisotopic (exact) mass is 488 g/mol. The van der Waals surface area contributed by atoms with Crippen LogP contribution in [0.1, 0.15) is 12.0 Å². The molecular formula is C23H25ClN4O2S2. The zero-order valence-electron chi connectivity index (χ0n) is 17.9. The van der Waals surface area contributed by atoms with E-state index in [1.165, 1.54) is 11.8 Å². The first-order valence-corrected chi connectivity index (χ1v) is 11.8. The highest BCUT2D eigenvalue weighted by molar-refractivity contribution is 8.00. The van der Waals surface area contributed by atoms with Gasteiger partial charge in [0.2, 0.25) is 5.91 Å². The minimum atomic E-state index is 0. The lowest BCUT2D eigenvalue weighted by atomic mass is 10.2. The SMILES string of the molecule is COc1ccc(SCC(=O)N(CCCn2ccnc2)c2nc3c(C)cccc3s2)cc1.Cl. The summed E-state index contributed by atoms with van der Waals surface area (Å²) in [7, 11) is 1.65. The van der Waals surface area contributed by atoms with E-state index in [1.54, 1.807) is 31.0 Å². The van der Waals surface area contributed by atoms with E-state index < -0.39 is 0 Å². The molecule has 0 N–H and O–H groups in total. The number of hydrogen-bond acceptors (Lipinski definition) is 6. The van der Waals surface area contributed by atoms with E-state index in [2.05, 4.69) is 24.0 Å². The molecule has 0 atom stereocenters. The molecule has 4 rings (SSSR count). The normalized spacial score (nSPS) is 10.7. The van der Waals surface area contributed by atoms with Crippen molar-refractivity contribution in [1.29, 1.82) is 0 Å². The van der Waals surface area contributed by atoms with Gasteiger partial charge in [0.25, 0.3) is 0 Å². The lowest BCUT2D eigenvalue weighted by Crippen LogP contribution is -2.33. The number of aromatic nitrogens is 3. The molecule has 1 amide bonds. The molecule has 0 radical (unpaired) electrons. The number of rotatable bonds is 9. The van der Waals surface area contributed by atoms with Crippen LogP contribution in [0.4, 0.5) is 5.13 Å². The van der Waals surface area contributed by atoms with Crippen LogP contribution >= 0.6 is 35.5 Å². The van der Waals surface area contributed by atoms with E-state index in [4.69, 9.17) is 9.72 Å². The first kappa shape index (κ1) is 24.1. The van der Waals surface area contributed by atoms with E-state index in [9.17, 15) is 4.79 Å². The van der Waals surface area contributed by atoms with Crippen molar-refractivity contribution in [2.24, 2.45) is 0 Å². The molecule has 4 aromatic rings. The number of carbonyl (C=O) groups excluding carboxylic acids is 1. The van der Waals surface area contributed by atoms with Gasteiger partial charge >= 0.3 is 0 Å². The van der Waals surface area contributed by atoms with Crippen molar-refractivity contribution < 1.29 is 9.53 Å². The fourth-order valence-electron chi connectivity index (χ4n) is 3.24. The van der Waals surface area contributed by atoms with Crippen molar-refractivity contribution in [2.45, 2.75) is 24.8 Å². The third kappa shape index (κ3) is 5.82. The topological polar surface area (TPSA) is 60.2 Å². The molecular weight excluding hydrogens is 464 g/mol. The summed E-state index contributed by atoms with van der Waals surface area (Å²) in [6.45, 7) is 3.47. The molecule has 0 saturated heterocycles. The lowest BCUT2D eigenvalue weighted by molar-refractivity contribution is -0.116. The largest absolute Gasteiger partial charge is 0.497 e. The summed E-state index contributed by atoms with van der Waals surface area (Å²) in [4.78, 5) is 25.0. The number of para-hydroxylation sites is 1. The number of methoxy groups -OCH3 is 1.